The minimum Gasteiger partial charge on any atom is -0.465 e. The van der Waals surface area contributed by atoms with Crippen LogP contribution in [-0.4, -0.2) is 36.4 Å². The molecule has 0 aromatic heterocycles. The minimum atomic E-state index is -1.22. The minimum absolute atomic E-state index is 0.176. The van der Waals surface area contributed by atoms with Crippen molar-refractivity contribution in [1.82, 2.24) is 0 Å². The maximum atomic E-state index is 11.6. The van der Waals surface area contributed by atoms with E-state index in [0.29, 0.717) is 6.42 Å². The molecule has 1 N–H and O–H groups in total. The highest BCUT2D eigenvalue weighted by Gasteiger charge is 2.36. The van der Waals surface area contributed by atoms with E-state index >= 15 is 0 Å². The Bertz CT molecular complexity index is 221. The zero-order valence-electron chi connectivity index (χ0n) is 10.8. The molecule has 0 bridgehead atoms. The quantitative estimate of drug-likeness (QED) is 0.516. The van der Waals surface area contributed by atoms with E-state index in [2.05, 4.69) is 0 Å². The Morgan fingerprint density at radius 1 is 1.06 bits per heavy atom. The van der Waals surface area contributed by atoms with Crippen LogP contribution in [0.3, 0.4) is 0 Å². The van der Waals surface area contributed by atoms with Gasteiger partial charge in [-0.3, -0.25) is 9.59 Å². The third-order valence-electron chi connectivity index (χ3n) is 2.32. The fourth-order valence-electron chi connectivity index (χ4n) is 1.45. The zero-order valence-corrected chi connectivity index (χ0v) is 10.8. The first-order valence-electron chi connectivity index (χ1n) is 6.09. The van der Waals surface area contributed by atoms with Crippen LogP contribution in [0.1, 0.15) is 40.0 Å². The maximum absolute atomic E-state index is 11.6. The van der Waals surface area contributed by atoms with Crippen molar-refractivity contribution in [2.45, 2.75) is 46.1 Å². The van der Waals surface area contributed by atoms with Gasteiger partial charge in [-0.1, -0.05) is 19.8 Å². The lowest BCUT2D eigenvalue weighted by Crippen LogP contribution is -2.37. The van der Waals surface area contributed by atoms with E-state index in [0.717, 1.165) is 12.8 Å². The number of hydrogen-bond donors (Lipinski definition) is 1. The fourth-order valence-corrected chi connectivity index (χ4v) is 1.45. The van der Waals surface area contributed by atoms with Crippen LogP contribution in [0.2, 0.25) is 0 Å². The topological polar surface area (TPSA) is 72.8 Å². The molecule has 5 nitrogen and oxygen atoms in total. The average Bonchev–Trinajstić information content (AvgIpc) is 2.27. The molecule has 0 aliphatic rings. The summed E-state index contributed by atoms with van der Waals surface area (Å²) in [6.45, 7) is 5.62. The molecule has 0 saturated heterocycles. The molecule has 0 aliphatic carbocycles. The Morgan fingerprint density at radius 2 is 1.53 bits per heavy atom. The van der Waals surface area contributed by atoms with Crippen molar-refractivity contribution in [3.8, 4) is 0 Å². The lowest BCUT2D eigenvalue weighted by Gasteiger charge is -2.19. The highest BCUT2D eigenvalue weighted by Crippen LogP contribution is 2.15. The van der Waals surface area contributed by atoms with Crippen LogP contribution in [0, 0.1) is 5.92 Å². The van der Waals surface area contributed by atoms with E-state index in [-0.39, 0.29) is 13.2 Å². The molecule has 0 fully saturated rings. The molecule has 17 heavy (non-hydrogen) atoms. The van der Waals surface area contributed by atoms with Crippen LogP contribution in [0.5, 0.6) is 0 Å². The number of carbonyl (C=O) groups excluding carboxylic acids is 2. The maximum Gasteiger partial charge on any atom is 0.323 e. The van der Waals surface area contributed by atoms with E-state index in [1.54, 1.807) is 13.8 Å². The lowest BCUT2D eigenvalue weighted by molar-refractivity contribution is -0.167. The predicted molar refractivity (Wildman–Crippen MR) is 62.3 cm³/mol. The molecule has 0 saturated carbocycles. The van der Waals surface area contributed by atoms with Gasteiger partial charge < -0.3 is 14.6 Å². The summed E-state index contributed by atoms with van der Waals surface area (Å²) in [5, 5.41) is 9.83. The van der Waals surface area contributed by atoms with Gasteiger partial charge in [0, 0.05) is 0 Å². The van der Waals surface area contributed by atoms with Gasteiger partial charge in [0.25, 0.3) is 0 Å². The van der Waals surface area contributed by atoms with Gasteiger partial charge in [0.1, 0.15) is 0 Å². The van der Waals surface area contributed by atoms with Crippen molar-refractivity contribution >= 4 is 11.9 Å². The highest BCUT2D eigenvalue weighted by atomic mass is 16.6. The summed E-state index contributed by atoms with van der Waals surface area (Å²) in [7, 11) is 0. The van der Waals surface area contributed by atoms with Gasteiger partial charge in [0.15, 0.2) is 5.92 Å². The van der Waals surface area contributed by atoms with Crippen molar-refractivity contribution in [1.29, 1.82) is 0 Å². The van der Waals surface area contributed by atoms with Crippen molar-refractivity contribution in [2.75, 3.05) is 13.2 Å². The molecule has 0 heterocycles. The number of esters is 2. The number of rotatable bonds is 8. The van der Waals surface area contributed by atoms with Gasteiger partial charge in [-0.2, -0.15) is 0 Å². The van der Waals surface area contributed by atoms with E-state index in [9.17, 15) is 14.7 Å². The van der Waals surface area contributed by atoms with E-state index in [1.807, 2.05) is 6.92 Å². The number of aliphatic hydroxyl groups is 1. The van der Waals surface area contributed by atoms with Crippen LogP contribution in [-0.2, 0) is 19.1 Å². The van der Waals surface area contributed by atoms with Crippen molar-refractivity contribution in [2.24, 2.45) is 5.92 Å². The van der Waals surface area contributed by atoms with Gasteiger partial charge in [-0.25, -0.2) is 0 Å². The number of hydrogen-bond acceptors (Lipinski definition) is 5. The first-order valence-corrected chi connectivity index (χ1v) is 6.09. The molecule has 0 radical (unpaired) electrons. The molecule has 0 aliphatic heterocycles. The number of unbranched alkanes of at least 4 members (excludes halogenated alkanes) is 1. The van der Waals surface area contributed by atoms with Crippen molar-refractivity contribution < 1.29 is 24.2 Å². The average molecular weight is 246 g/mol. The van der Waals surface area contributed by atoms with Gasteiger partial charge >= 0.3 is 11.9 Å². The molecule has 1 atom stereocenters. The van der Waals surface area contributed by atoms with Crippen LogP contribution in [0.25, 0.3) is 0 Å². The Morgan fingerprint density at radius 3 is 1.88 bits per heavy atom. The van der Waals surface area contributed by atoms with Gasteiger partial charge in [-0.15, -0.1) is 0 Å². The highest BCUT2D eigenvalue weighted by molar-refractivity contribution is 5.95. The van der Waals surface area contributed by atoms with Gasteiger partial charge in [0.2, 0.25) is 0 Å². The summed E-state index contributed by atoms with van der Waals surface area (Å²) < 4.78 is 9.55. The predicted octanol–water partition coefficient (Wildman–Crippen LogP) is 1.28. The van der Waals surface area contributed by atoms with Crippen molar-refractivity contribution in [3.63, 3.8) is 0 Å². The third-order valence-corrected chi connectivity index (χ3v) is 2.32. The summed E-state index contributed by atoms with van der Waals surface area (Å²) in [4.78, 5) is 23.2. The van der Waals surface area contributed by atoms with Crippen LogP contribution < -0.4 is 0 Å². The van der Waals surface area contributed by atoms with Gasteiger partial charge in [0.05, 0.1) is 19.3 Å². The molecule has 0 aromatic carbocycles. The Kier molecular flexibility index (Phi) is 8.40. The second kappa shape index (κ2) is 8.98. The fraction of sp³-hybridized carbons (Fsp3) is 0.833. The molecular weight excluding hydrogens is 224 g/mol. The third kappa shape index (κ3) is 5.68. The number of aliphatic hydroxyl groups excluding tert-OH is 1. The van der Waals surface area contributed by atoms with Crippen LogP contribution >= 0.6 is 0 Å². The van der Waals surface area contributed by atoms with Crippen molar-refractivity contribution in [3.05, 3.63) is 0 Å². The molecular formula is C12H22O5. The molecule has 0 amide bonds. The molecule has 5 heteroatoms. The summed E-state index contributed by atoms with van der Waals surface area (Å²) in [6.07, 6.45) is 0.984. The van der Waals surface area contributed by atoms with Crippen LogP contribution in [0.4, 0.5) is 0 Å². The summed E-state index contributed by atoms with van der Waals surface area (Å²) in [6, 6.07) is 0. The van der Waals surface area contributed by atoms with E-state index < -0.39 is 24.0 Å². The Balaban J connectivity index is 4.58. The summed E-state index contributed by atoms with van der Waals surface area (Å²) >= 11 is 0. The second-order valence-corrected chi connectivity index (χ2v) is 3.69. The largest absolute Gasteiger partial charge is 0.465 e. The summed E-state index contributed by atoms with van der Waals surface area (Å²) in [5.74, 6) is -2.65. The molecule has 0 rings (SSSR count). The first-order chi connectivity index (χ1) is 8.08. The van der Waals surface area contributed by atoms with E-state index in [1.165, 1.54) is 0 Å². The monoisotopic (exact) mass is 246 g/mol. The number of carbonyl (C=O) groups is 2. The van der Waals surface area contributed by atoms with Gasteiger partial charge in [-0.05, 0) is 20.3 Å². The smallest absolute Gasteiger partial charge is 0.323 e. The van der Waals surface area contributed by atoms with Crippen LogP contribution in [0.15, 0.2) is 0 Å². The normalized spacial score (nSPS) is 12.3. The summed E-state index contributed by atoms with van der Waals surface area (Å²) in [5.41, 5.74) is 0. The number of ether oxygens (including phenoxy) is 2. The second-order valence-electron chi connectivity index (χ2n) is 3.69. The molecule has 1 unspecified atom stereocenters. The Labute approximate surface area is 102 Å². The van der Waals surface area contributed by atoms with E-state index in [4.69, 9.17) is 9.47 Å². The molecule has 100 valence electrons. The Hall–Kier alpha value is -1.10. The standard InChI is InChI=1S/C12H22O5/c1-4-7-8-9(13)10(11(14)16-5-2)12(15)17-6-3/h9-10,13H,4-8H2,1-3H3. The molecule has 0 spiro atoms. The molecule has 0 aromatic rings. The SMILES string of the molecule is CCCCC(O)C(C(=O)OCC)C(=O)OCC. The first kappa shape index (κ1) is 15.9. The lowest BCUT2D eigenvalue weighted by atomic mass is 9.98. The zero-order chi connectivity index (χ0) is 13.3.